The van der Waals surface area contributed by atoms with Crippen molar-refractivity contribution in [2.24, 2.45) is 0 Å². The molecule has 4 aromatic rings. The minimum Gasteiger partial charge on any atom is -0.0987 e. The van der Waals surface area contributed by atoms with E-state index in [0.29, 0.717) is 0 Å². The van der Waals surface area contributed by atoms with Crippen LogP contribution in [0.15, 0.2) is 145 Å². The van der Waals surface area contributed by atoms with E-state index in [2.05, 4.69) is 143 Å². The molecular formula is C41H38. The second kappa shape index (κ2) is 10.9. The number of allylic oxidation sites excluding steroid dienone is 8. The third kappa shape index (κ3) is 4.21. The quantitative estimate of drug-likeness (QED) is 0.208. The maximum atomic E-state index is 4.77. The van der Waals surface area contributed by atoms with Gasteiger partial charge in [-0.25, -0.2) is 0 Å². The zero-order valence-corrected chi connectivity index (χ0v) is 24.5. The average Bonchev–Trinajstić information content (AvgIpc) is 3.32. The summed E-state index contributed by atoms with van der Waals surface area (Å²) in [6.45, 7) is 15.7. The van der Waals surface area contributed by atoms with Crippen molar-refractivity contribution >= 4 is 11.1 Å². The van der Waals surface area contributed by atoms with Crippen LogP contribution in [0.5, 0.6) is 0 Å². The molecule has 0 aromatic heterocycles. The van der Waals surface area contributed by atoms with E-state index >= 15 is 0 Å². The molecule has 0 amide bonds. The van der Waals surface area contributed by atoms with E-state index < -0.39 is 5.41 Å². The van der Waals surface area contributed by atoms with Crippen molar-refractivity contribution in [3.63, 3.8) is 0 Å². The van der Waals surface area contributed by atoms with E-state index in [1.807, 2.05) is 0 Å². The van der Waals surface area contributed by atoms with Crippen molar-refractivity contribution in [2.45, 2.75) is 45.4 Å². The largest absolute Gasteiger partial charge is 0.0987 e. The molecule has 0 N–H and O–H groups in total. The molecule has 202 valence electrons. The van der Waals surface area contributed by atoms with Crippen LogP contribution in [0.3, 0.4) is 0 Å². The summed E-state index contributed by atoms with van der Waals surface area (Å²) in [7, 11) is 0. The molecule has 0 atom stereocenters. The minimum absolute atomic E-state index is 0.486. The molecule has 0 heteroatoms. The van der Waals surface area contributed by atoms with Crippen LogP contribution < -0.4 is 0 Å². The molecule has 0 unspecified atom stereocenters. The minimum atomic E-state index is -0.486. The molecule has 0 spiro atoms. The summed E-state index contributed by atoms with van der Waals surface area (Å²) in [4.78, 5) is 0. The lowest BCUT2D eigenvalue weighted by Gasteiger charge is -2.39. The smallest absolute Gasteiger partial charge is 0.0713 e. The first-order chi connectivity index (χ1) is 20.0. The highest BCUT2D eigenvalue weighted by Gasteiger charge is 2.48. The van der Waals surface area contributed by atoms with E-state index in [0.717, 1.165) is 24.8 Å². The molecule has 0 fully saturated rings. The Bertz CT molecular complexity index is 1700. The Balaban J connectivity index is 1.72. The number of benzene rings is 4. The van der Waals surface area contributed by atoms with E-state index in [-0.39, 0.29) is 0 Å². The van der Waals surface area contributed by atoms with Gasteiger partial charge in [-0.2, -0.15) is 0 Å². The monoisotopic (exact) mass is 530 g/mol. The van der Waals surface area contributed by atoms with Gasteiger partial charge in [0.15, 0.2) is 0 Å². The van der Waals surface area contributed by atoms with Gasteiger partial charge in [0.1, 0.15) is 0 Å². The van der Waals surface area contributed by atoms with Crippen molar-refractivity contribution in [1.82, 2.24) is 0 Å². The van der Waals surface area contributed by atoms with E-state index in [1.165, 1.54) is 66.8 Å². The first kappa shape index (κ1) is 26.8. The highest BCUT2D eigenvalue weighted by Crippen LogP contribution is 2.59. The van der Waals surface area contributed by atoms with Gasteiger partial charge < -0.3 is 0 Å². The molecule has 2 aliphatic rings. The molecule has 4 aromatic carbocycles. The van der Waals surface area contributed by atoms with Crippen LogP contribution in [-0.4, -0.2) is 0 Å². The molecule has 0 saturated carbocycles. The molecule has 0 nitrogen and oxygen atoms in total. The summed E-state index contributed by atoms with van der Waals surface area (Å²) in [5, 5.41) is 0. The predicted octanol–water partition coefficient (Wildman–Crippen LogP) is 10.8. The molecule has 0 heterocycles. The Labute approximate surface area is 245 Å². The summed E-state index contributed by atoms with van der Waals surface area (Å²) in [5.41, 5.74) is 16.2. The van der Waals surface area contributed by atoms with Crippen LogP contribution in [0.1, 0.15) is 60.1 Å². The fourth-order valence-corrected chi connectivity index (χ4v) is 7.11. The lowest BCUT2D eigenvalue weighted by Crippen LogP contribution is -2.31. The Morgan fingerprint density at radius 3 is 2.00 bits per heavy atom. The maximum absolute atomic E-state index is 4.77. The zero-order valence-electron chi connectivity index (χ0n) is 24.5. The molecule has 0 radical (unpaired) electrons. The van der Waals surface area contributed by atoms with Gasteiger partial charge in [-0.1, -0.05) is 135 Å². The molecule has 0 aliphatic heterocycles. The van der Waals surface area contributed by atoms with Crippen LogP contribution in [0.4, 0.5) is 0 Å². The van der Waals surface area contributed by atoms with Crippen molar-refractivity contribution in [3.8, 4) is 11.1 Å². The van der Waals surface area contributed by atoms with Crippen LogP contribution in [0.25, 0.3) is 22.3 Å². The standard InChI is InChI=1S/C41H38/c1-6-30-21-23-31(24-22-30)32-25-26-35(29(5)34-16-10-9-15-28(34)4)40(27-32)41(33(7-2)8-3)38-19-13-11-17-36(38)37-18-12-14-20-39(37)41/h7-24,27H,2,5-6,25-26H2,1,3-4H3/b33-8-. The molecular weight excluding hydrogens is 492 g/mol. The van der Waals surface area contributed by atoms with Crippen LogP contribution in [-0.2, 0) is 11.8 Å². The van der Waals surface area contributed by atoms with Gasteiger partial charge >= 0.3 is 0 Å². The Hall–Kier alpha value is -4.42. The van der Waals surface area contributed by atoms with Gasteiger partial charge in [-0.05, 0) is 105 Å². The van der Waals surface area contributed by atoms with Gasteiger partial charge in [0.25, 0.3) is 0 Å². The highest BCUT2D eigenvalue weighted by atomic mass is 14.5. The Kier molecular flexibility index (Phi) is 7.10. The SMILES string of the molecule is C=C/C(=C/C)C1(C2=C(C(=C)c3ccccc3C)CCC(c3ccc(CC)cc3)=C2)c2ccccc2-c2ccccc21. The molecule has 2 aliphatic carbocycles. The lowest BCUT2D eigenvalue weighted by molar-refractivity contribution is 0.743. The molecule has 41 heavy (non-hydrogen) atoms. The van der Waals surface area contributed by atoms with Gasteiger partial charge in [-0.15, -0.1) is 0 Å². The normalized spacial score (nSPS) is 15.7. The number of hydrogen-bond acceptors (Lipinski definition) is 0. The van der Waals surface area contributed by atoms with Crippen molar-refractivity contribution in [2.75, 3.05) is 0 Å². The number of fused-ring (bicyclic) bond motifs is 3. The van der Waals surface area contributed by atoms with Crippen molar-refractivity contribution < 1.29 is 0 Å². The van der Waals surface area contributed by atoms with Gasteiger partial charge in [0.2, 0.25) is 0 Å². The lowest BCUT2D eigenvalue weighted by atomic mass is 9.62. The summed E-state index contributed by atoms with van der Waals surface area (Å²) < 4.78 is 0. The van der Waals surface area contributed by atoms with Crippen LogP contribution in [0.2, 0.25) is 0 Å². The third-order valence-corrected chi connectivity index (χ3v) is 9.18. The summed E-state index contributed by atoms with van der Waals surface area (Å²) in [6.07, 6.45) is 9.78. The first-order valence-electron chi connectivity index (χ1n) is 14.8. The summed E-state index contributed by atoms with van der Waals surface area (Å²) in [6, 6.07) is 35.7. The second-order valence-electron chi connectivity index (χ2n) is 11.2. The fourth-order valence-electron chi connectivity index (χ4n) is 7.11. The average molecular weight is 531 g/mol. The highest BCUT2D eigenvalue weighted by molar-refractivity contribution is 5.92. The van der Waals surface area contributed by atoms with Crippen LogP contribution in [0, 0.1) is 6.92 Å². The zero-order chi connectivity index (χ0) is 28.6. The van der Waals surface area contributed by atoms with Crippen molar-refractivity contribution in [1.29, 1.82) is 0 Å². The number of aryl methyl sites for hydroxylation is 2. The van der Waals surface area contributed by atoms with Crippen LogP contribution >= 0.6 is 0 Å². The second-order valence-corrected chi connectivity index (χ2v) is 11.2. The van der Waals surface area contributed by atoms with E-state index in [9.17, 15) is 0 Å². The van der Waals surface area contributed by atoms with Gasteiger partial charge in [0, 0.05) is 0 Å². The first-order valence-corrected chi connectivity index (χ1v) is 14.8. The maximum Gasteiger partial charge on any atom is 0.0713 e. The Morgan fingerprint density at radius 1 is 0.805 bits per heavy atom. The fraction of sp³-hybridized carbons (Fsp3) is 0.171. The summed E-state index contributed by atoms with van der Waals surface area (Å²) in [5.74, 6) is 0. The third-order valence-electron chi connectivity index (χ3n) is 9.18. The number of rotatable bonds is 7. The molecule has 0 saturated heterocycles. The van der Waals surface area contributed by atoms with E-state index in [4.69, 9.17) is 6.58 Å². The Morgan fingerprint density at radius 2 is 1.41 bits per heavy atom. The van der Waals surface area contributed by atoms with Gasteiger partial charge in [-0.3, -0.25) is 0 Å². The molecule has 6 rings (SSSR count). The van der Waals surface area contributed by atoms with E-state index in [1.54, 1.807) is 0 Å². The topological polar surface area (TPSA) is 0 Å². The number of hydrogen-bond donors (Lipinski definition) is 0. The van der Waals surface area contributed by atoms with Gasteiger partial charge in [0.05, 0.1) is 5.41 Å². The predicted molar refractivity (Wildman–Crippen MR) is 177 cm³/mol. The summed E-state index contributed by atoms with van der Waals surface area (Å²) >= 11 is 0. The molecule has 0 bridgehead atoms. The van der Waals surface area contributed by atoms with Crippen molar-refractivity contribution in [3.05, 3.63) is 179 Å².